The van der Waals surface area contributed by atoms with Gasteiger partial charge in [0.1, 0.15) is 5.75 Å². The average molecular weight is 354 g/mol. The Balaban J connectivity index is 1.86. The van der Waals surface area contributed by atoms with Crippen LogP contribution in [0, 0.1) is 0 Å². The lowest BCUT2D eigenvalue weighted by atomic mass is 10.1. The second-order valence-corrected chi connectivity index (χ2v) is 8.14. The summed E-state index contributed by atoms with van der Waals surface area (Å²) in [6.45, 7) is 3.64. The Kier molecular flexibility index (Phi) is 6.62. The Hall–Kier alpha value is -1.60. The number of carbonyl (C=O) groups is 1. The standard InChI is InChI=1S/C17H26N2O4S/c1-3-24(21,22)19-12-4-11-18(13-14-19)17(20)10-7-15-5-8-16(23-2)9-6-15/h5-6,8-9H,3-4,7,10-14H2,1-2H3. The van der Waals surface area contributed by atoms with Crippen LogP contribution in [0.3, 0.4) is 0 Å². The van der Waals surface area contributed by atoms with Crippen molar-refractivity contribution in [3.8, 4) is 5.75 Å². The predicted octanol–water partition coefficient (Wildman–Crippen LogP) is 1.51. The van der Waals surface area contributed by atoms with Gasteiger partial charge >= 0.3 is 0 Å². The van der Waals surface area contributed by atoms with Crippen molar-refractivity contribution < 1.29 is 17.9 Å². The number of ether oxygens (including phenoxy) is 1. The zero-order valence-corrected chi connectivity index (χ0v) is 15.2. The van der Waals surface area contributed by atoms with Gasteiger partial charge in [-0.05, 0) is 37.5 Å². The Morgan fingerprint density at radius 3 is 2.46 bits per heavy atom. The molecule has 1 fully saturated rings. The minimum Gasteiger partial charge on any atom is -0.497 e. The van der Waals surface area contributed by atoms with Crippen LogP contribution in [-0.2, 0) is 21.2 Å². The smallest absolute Gasteiger partial charge is 0.222 e. The molecular formula is C17H26N2O4S. The van der Waals surface area contributed by atoms with Crippen molar-refractivity contribution in [2.75, 3.05) is 39.0 Å². The fourth-order valence-corrected chi connectivity index (χ4v) is 3.94. The summed E-state index contributed by atoms with van der Waals surface area (Å²) in [6, 6.07) is 7.70. The van der Waals surface area contributed by atoms with Gasteiger partial charge in [-0.25, -0.2) is 12.7 Å². The third-order valence-corrected chi connectivity index (χ3v) is 6.23. The van der Waals surface area contributed by atoms with E-state index in [0.29, 0.717) is 45.4 Å². The lowest BCUT2D eigenvalue weighted by molar-refractivity contribution is -0.131. The molecule has 1 aromatic carbocycles. The van der Waals surface area contributed by atoms with E-state index in [-0.39, 0.29) is 11.7 Å². The molecule has 0 aliphatic carbocycles. The molecule has 0 aromatic heterocycles. The quantitative estimate of drug-likeness (QED) is 0.777. The van der Waals surface area contributed by atoms with E-state index in [1.54, 1.807) is 18.9 Å². The van der Waals surface area contributed by atoms with Crippen LogP contribution in [0.1, 0.15) is 25.3 Å². The molecule has 1 saturated heterocycles. The fourth-order valence-electron chi connectivity index (χ4n) is 2.81. The molecule has 6 nitrogen and oxygen atoms in total. The second-order valence-electron chi connectivity index (χ2n) is 5.88. The summed E-state index contributed by atoms with van der Waals surface area (Å²) < 4.78 is 30.5. The number of rotatable bonds is 6. The van der Waals surface area contributed by atoms with Gasteiger partial charge in [0.15, 0.2) is 0 Å². The first-order chi connectivity index (χ1) is 11.5. The number of methoxy groups -OCH3 is 1. The van der Waals surface area contributed by atoms with Crippen LogP contribution < -0.4 is 4.74 Å². The highest BCUT2D eigenvalue weighted by Crippen LogP contribution is 2.14. The molecule has 1 aliphatic rings. The van der Waals surface area contributed by atoms with Gasteiger partial charge in [0, 0.05) is 32.6 Å². The zero-order valence-electron chi connectivity index (χ0n) is 14.4. The summed E-state index contributed by atoms with van der Waals surface area (Å²) in [5.74, 6) is 0.995. The maximum atomic E-state index is 12.4. The second kappa shape index (κ2) is 8.48. The minimum atomic E-state index is -3.17. The van der Waals surface area contributed by atoms with Crippen LogP contribution in [0.4, 0.5) is 0 Å². The van der Waals surface area contributed by atoms with Gasteiger partial charge in [-0.15, -0.1) is 0 Å². The number of carbonyl (C=O) groups excluding carboxylic acids is 1. The number of benzene rings is 1. The molecule has 1 aliphatic heterocycles. The number of nitrogens with zero attached hydrogens (tertiary/aromatic N) is 2. The molecule has 24 heavy (non-hydrogen) atoms. The van der Waals surface area contributed by atoms with Crippen LogP contribution in [0.2, 0.25) is 0 Å². The van der Waals surface area contributed by atoms with Gasteiger partial charge in [-0.1, -0.05) is 12.1 Å². The summed E-state index contributed by atoms with van der Waals surface area (Å²) in [5, 5.41) is 0. The number of amides is 1. The third kappa shape index (κ3) is 4.95. The lowest BCUT2D eigenvalue weighted by Crippen LogP contribution is -2.38. The van der Waals surface area contributed by atoms with Crippen molar-refractivity contribution in [2.24, 2.45) is 0 Å². The van der Waals surface area contributed by atoms with Crippen molar-refractivity contribution in [2.45, 2.75) is 26.2 Å². The van der Waals surface area contributed by atoms with Crippen LogP contribution in [0.5, 0.6) is 5.75 Å². The van der Waals surface area contributed by atoms with Gasteiger partial charge in [-0.3, -0.25) is 4.79 Å². The summed E-state index contributed by atoms with van der Waals surface area (Å²) in [6.07, 6.45) is 1.80. The van der Waals surface area contributed by atoms with Crippen molar-refractivity contribution in [3.63, 3.8) is 0 Å². The first-order valence-corrected chi connectivity index (χ1v) is 9.95. The van der Waals surface area contributed by atoms with Gasteiger partial charge in [-0.2, -0.15) is 0 Å². The molecule has 0 spiro atoms. The first kappa shape index (κ1) is 18.7. The molecule has 1 amide bonds. The highest BCUT2D eigenvalue weighted by atomic mass is 32.2. The molecule has 2 rings (SSSR count). The van der Waals surface area contributed by atoms with Crippen molar-refractivity contribution in [3.05, 3.63) is 29.8 Å². The average Bonchev–Trinajstić information content (AvgIpc) is 2.87. The van der Waals surface area contributed by atoms with E-state index in [0.717, 1.165) is 11.3 Å². The predicted molar refractivity (Wildman–Crippen MR) is 93.5 cm³/mol. The number of sulfonamides is 1. The molecule has 7 heteroatoms. The Morgan fingerprint density at radius 1 is 1.12 bits per heavy atom. The van der Waals surface area contributed by atoms with Crippen molar-refractivity contribution in [1.82, 2.24) is 9.21 Å². The molecule has 1 heterocycles. The molecule has 0 bridgehead atoms. The Labute approximate surface area is 144 Å². The van der Waals surface area contributed by atoms with Gasteiger partial charge < -0.3 is 9.64 Å². The molecule has 0 saturated carbocycles. The Morgan fingerprint density at radius 2 is 1.83 bits per heavy atom. The molecule has 1 aromatic rings. The number of hydrogen-bond donors (Lipinski definition) is 0. The molecule has 0 radical (unpaired) electrons. The number of hydrogen-bond acceptors (Lipinski definition) is 4. The molecule has 0 unspecified atom stereocenters. The van der Waals surface area contributed by atoms with E-state index in [1.165, 1.54) is 4.31 Å². The summed E-state index contributed by atoms with van der Waals surface area (Å²) >= 11 is 0. The van der Waals surface area contributed by atoms with Gasteiger partial charge in [0.05, 0.1) is 12.9 Å². The Bertz CT molecular complexity index is 643. The molecule has 0 atom stereocenters. The largest absolute Gasteiger partial charge is 0.497 e. The normalized spacial score (nSPS) is 16.7. The highest BCUT2D eigenvalue weighted by molar-refractivity contribution is 7.89. The van der Waals surface area contributed by atoms with Gasteiger partial charge in [0.2, 0.25) is 15.9 Å². The maximum absolute atomic E-state index is 12.4. The van der Waals surface area contributed by atoms with E-state index < -0.39 is 10.0 Å². The summed E-state index contributed by atoms with van der Waals surface area (Å²) in [5.41, 5.74) is 1.09. The van der Waals surface area contributed by atoms with E-state index in [2.05, 4.69) is 0 Å². The summed E-state index contributed by atoms with van der Waals surface area (Å²) in [4.78, 5) is 14.2. The van der Waals surface area contributed by atoms with Crippen LogP contribution in [0.15, 0.2) is 24.3 Å². The summed E-state index contributed by atoms with van der Waals surface area (Å²) in [7, 11) is -1.55. The zero-order chi connectivity index (χ0) is 17.6. The van der Waals surface area contributed by atoms with Crippen LogP contribution >= 0.6 is 0 Å². The van der Waals surface area contributed by atoms with Crippen LogP contribution in [0.25, 0.3) is 0 Å². The SMILES string of the molecule is CCS(=O)(=O)N1CCCN(C(=O)CCc2ccc(OC)cc2)CC1. The molecule has 0 N–H and O–H groups in total. The third-order valence-electron chi connectivity index (χ3n) is 4.35. The lowest BCUT2D eigenvalue weighted by Gasteiger charge is -2.21. The molecule has 134 valence electrons. The highest BCUT2D eigenvalue weighted by Gasteiger charge is 2.25. The van der Waals surface area contributed by atoms with Crippen molar-refractivity contribution >= 4 is 15.9 Å². The van der Waals surface area contributed by atoms with E-state index in [1.807, 2.05) is 24.3 Å². The topological polar surface area (TPSA) is 66.9 Å². The fraction of sp³-hybridized carbons (Fsp3) is 0.588. The van der Waals surface area contributed by atoms with E-state index in [4.69, 9.17) is 4.74 Å². The van der Waals surface area contributed by atoms with E-state index in [9.17, 15) is 13.2 Å². The van der Waals surface area contributed by atoms with Crippen molar-refractivity contribution in [1.29, 1.82) is 0 Å². The molecular weight excluding hydrogens is 328 g/mol. The van der Waals surface area contributed by atoms with E-state index >= 15 is 0 Å². The monoisotopic (exact) mass is 354 g/mol. The maximum Gasteiger partial charge on any atom is 0.222 e. The first-order valence-electron chi connectivity index (χ1n) is 8.35. The van der Waals surface area contributed by atoms with Gasteiger partial charge in [0.25, 0.3) is 0 Å². The van der Waals surface area contributed by atoms with Crippen LogP contribution in [-0.4, -0.2) is 62.6 Å². The minimum absolute atomic E-state index is 0.0848. The number of aryl methyl sites for hydroxylation is 1.